The molecule has 96 valence electrons. The molecule has 4 heteroatoms. The minimum Gasteiger partial charge on any atom is -0.382 e. The Kier molecular flexibility index (Phi) is 2.63. The summed E-state index contributed by atoms with van der Waals surface area (Å²) in [5, 5.41) is 7.92. The van der Waals surface area contributed by atoms with Gasteiger partial charge in [0, 0.05) is 25.2 Å². The van der Waals surface area contributed by atoms with Crippen LogP contribution in [-0.4, -0.2) is 24.3 Å². The highest BCUT2D eigenvalue weighted by Crippen LogP contribution is 2.27. The van der Waals surface area contributed by atoms with Crippen LogP contribution in [0, 0.1) is 0 Å². The topological polar surface area (TPSA) is 57.9 Å². The molecule has 4 nitrogen and oxygen atoms in total. The summed E-state index contributed by atoms with van der Waals surface area (Å²) in [6.45, 7) is 0. The summed E-state index contributed by atoms with van der Waals surface area (Å²) in [6.07, 6.45) is 0. The number of anilines is 2. The first-order chi connectivity index (χ1) is 9.15. The summed E-state index contributed by atoms with van der Waals surface area (Å²) in [5.41, 5.74) is 10.3. The molecule has 0 fully saturated rings. The van der Waals surface area contributed by atoms with Gasteiger partial charge in [0.1, 0.15) is 0 Å². The second-order valence-corrected chi connectivity index (χ2v) is 4.81. The van der Waals surface area contributed by atoms with Crippen molar-refractivity contribution in [2.45, 2.75) is 0 Å². The Morgan fingerprint density at radius 2 is 1.68 bits per heavy atom. The Bertz CT molecular complexity index is 711. The van der Waals surface area contributed by atoms with E-state index < -0.39 is 0 Å². The van der Waals surface area contributed by atoms with E-state index in [4.69, 9.17) is 5.73 Å². The van der Waals surface area contributed by atoms with E-state index in [0.717, 1.165) is 16.5 Å². The van der Waals surface area contributed by atoms with Gasteiger partial charge in [-0.2, -0.15) is 5.10 Å². The van der Waals surface area contributed by atoms with Crippen molar-refractivity contribution in [3.8, 4) is 11.1 Å². The molecule has 19 heavy (non-hydrogen) atoms. The van der Waals surface area contributed by atoms with Gasteiger partial charge in [-0.1, -0.05) is 18.2 Å². The van der Waals surface area contributed by atoms with Crippen molar-refractivity contribution >= 4 is 22.4 Å². The van der Waals surface area contributed by atoms with Gasteiger partial charge in [-0.05, 0) is 35.4 Å². The van der Waals surface area contributed by atoms with Crippen molar-refractivity contribution in [1.29, 1.82) is 0 Å². The maximum absolute atomic E-state index is 5.77. The standard InChI is InChI=1S/C15H16N4/c1-19(2)12-6-3-10(4-7-12)11-5-8-13-14(9-11)17-18-15(13)16/h3-9H,1-2H3,(H3,16,17,18). The third kappa shape index (κ3) is 2.01. The lowest BCUT2D eigenvalue weighted by Gasteiger charge is -2.12. The Hall–Kier alpha value is -2.49. The molecule has 0 saturated heterocycles. The molecule has 1 aromatic heterocycles. The molecule has 3 N–H and O–H groups in total. The van der Waals surface area contributed by atoms with E-state index in [1.54, 1.807) is 0 Å². The zero-order valence-electron chi connectivity index (χ0n) is 11.0. The Balaban J connectivity index is 2.03. The van der Waals surface area contributed by atoms with Gasteiger partial charge in [-0.3, -0.25) is 5.10 Å². The number of aromatic amines is 1. The number of rotatable bonds is 2. The smallest absolute Gasteiger partial charge is 0.153 e. The zero-order chi connectivity index (χ0) is 13.4. The van der Waals surface area contributed by atoms with Crippen molar-refractivity contribution in [3.05, 3.63) is 42.5 Å². The minimum atomic E-state index is 0.546. The predicted molar refractivity (Wildman–Crippen MR) is 80.3 cm³/mol. The molecule has 2 aromatic carbocycles. The maximum Gasteiger partial charge on any atom is 0.153 e. The van der Waals surface area contributed by atoms with Crippen molar-refractivity contribution in [3.63, 3.8) is 0 Å². The second kappa shape index (κ2) is 4.31. The van der Waals surface area contributed by atoms with Gasteiger partial charge in [0.15, 0.2) is 5.82 Å². The minimum absolute atomic E-state index is 0.546. The predicted octanol–water partition coefficient (Wildman–Crippen LogP) is 2.88. The summed E-state index contributed by atoms with van der Waals surface area (Å²) in [7, 11) is 4.07. The van der Waals surface area contributed by atoms with E-state index in [0.29, 0.717) is 5.82 Å². The number of nitrogen functional groups attached to an aromatic ring is 1. The van der Waals surface area contributed by atoms with E-state index in [9.17, 15) is 0 Å². The van der Waals surface area contributed by atoms with Crippen LogP contribution in [0.5, 0.6) is 0 Å². The first-order valence-electron chi connectivity index (χ1n) is 6.16. The highest BCUT2D eigenvalue weighted by atomic mass is 15.1. The zero-order valence-corrected chi connectivity index (χ0v) is 11.0. The summed E-state index contributed by atoms with van der Waals surface area (Å²) in [6, 6.07) is 14.6. The van der Waals surface area contributed by atoms with E-state index in [2.05, 4.69) is 51.5 Å². The van der Waals surface area contributed by atoms with Crippen LogP contribution in [0.1, 0.15) is 0 Å². The van der Waals surface area contributed by atoms with Crippen molar-refractivity contribution in [2.24, 2.45) is 0 Å². The lowest BCUT2D eigenvalue weighted by atomic mass is 10.0. The van der Waals surface area contributed by atoms with E-state index >= 15 is 0 Å². The highest BCUT2D eigenvalue weighted by Gasteiger charge is 2.04. The number of hydrogen-bond acceptors (Lipinski definition) is 3. The summed E-state index contributed by atoms with van der Waals surface area (Å²) in [4.78, 5) is 2.09. The number of aromatic nitrogens is 2. The van der Waals surface area contributed by atoms with Gasteiger partial charge < -0.3 is 10.6 Å². The van der Waals surface area contributed by atoms with Crippen LogP contribution in [-0.2, 0) is 0 Å². The highest BCUT2D eigenvalue weighted by molar-refractivity contribution is 5.91. The number of nitrogens with zero attached hydrogens (tertiary/aromatic N) is 2. The average molecular weight is 252 g/mol. The monoisotopic (exact) mass is 252 g/mol. The van der Waals surface area contributed by atoms with Crippen LogP contribution in [0.4, 0.5) is 11.5 Å². The molecule has 0 aliphatic heterocycles. The third-order valence-electron chi connectivity index (χ3n) is 3.31. The van der Waals surface area contributed by atoms with Crippen LogP contribution >= 0.6 is 0 Å². The molecular weight excluding hydrogens is 236 g/mol. The van der Waals surface area contributed by atoms with E-state index in [1.165, 1.54) is 11.3 Å². The van der Waals surface area contributed by atoms with Gasteiger partial charge in [0.2, 0.25) is 0 Å². The first kappa shape index (κ1) is 11.6. The quantitative estimate of drug-likeness (QED) is 0.737. The molecule has 1 heterocycles. The molecule has 0 amide bonds. The second-order valence-electron chi connectivity index (χ2n) is 4.81. The fourth-order valence-electron chi connectivity index (χ4n) is 2.17. The number of hydrogen-bond donors (Lipinski definition) is 2. The van der Waals surface area contributed by atoms with Crippen molar-refractivity contribution in [1.82, 2.24) is 10.2 Å². The van der Waals surface area contributed by atoms with Gasteiger partial charge in [-0.15, -0.1) is 0 Å². The fraction of sp³-hybridized carbons (Fsp3) is 0.133. The van der Waals surface area contributed by atoms with Crippen LogP contribution in [0.15, 0.2) is 42.5 Å². The normalized spacial score (nSPS) is 10.8. The molecular formula is C15H16N4. The summed E-state index contributed by atoms with van der Waals surface area (Å²) < 4.78 is 0. The third-order valence-corrected chi connectivity index (χ3v) is 3.31. The van der Waals surface area contributed by atoms with Crippen LogP contribution in [0.25, 0.3) is 22.0 Å². The largest absolute Gasteiger partial charge is 0.382 e. The molecule has 0 atom stereocenters. The summed E-state index contributed by atoms with van der Waals surface area (Å²) >= 11 is 0. The number of fused-ring (bicyclic) bond motifs is 1. The van der Waals surface area contributed by atoms with Crippen LogP contribution < -0.4 is 10.6 Å². The fourth-order valence-corrected chi connectivity index (χ4v) is 2.17. The average Bonchev–Trinajstić information content (AvgIpc) is 2.80. The molecule has 3 rings (SSSR count). The molecule has 0 spiro atoms. The maximum atomic E-state index is 5.77. The molecule has 0 aliphatic carbocycles. The van der Waals surface area contributed by atoms with Crippen molar-refractivity contribution < 1.29 is 0 Å². The Morgan fingerprint density at radius 1 is 1.00 bits per heavy atom. The van der Waals surface area contributed by atoms with E-state index in [-0.39, 0.29) is 0 Å². The molecule has 0 aliphatic rings. The summed E-state index contributed by atoms with van der Waals surface area (Å²) in [5.74, 6) is 0.546. The van der Waals surface area contributed by atoms with E-state index in [1.807, 2.05) is 20.2 Å². The SMILES string of the molecule is CN(C)c1ccc(-c2ccc3c(N)n[nH]c3c2)cc1. The van der Waals surface area contributed by atoms with Crippen LogP contribution in [0.2, 0.25) is 0 Å². The van der Waals surface area contributed by atoms with Gasteiger partial charge in [0.05, 0.1) is 5.52 Å². The van der Waals surface area contributed by atoms with Gasteiger partial charge in [-0.25, -0.2) is 0 Å². The molecule has 0 unspecified atom stereocenters. The van der Waals surface area contributed by atoms with Gasteiger partial charge in [0.25, 0.3) is 0 Å². The number of H-pyrrole nitrogens is 1. The van der Waals surface area contributed by atoms with Crippen molar-refractivity contribution in [2.75, 3.05) is 24.7 Å². The number of nitrogens with one attached hydrogen (secondary N) is 1. The number of nitrogens with two attached hydrogens (primary N) is 1. The number of benzene rings is 2. The first-order valence-corrected chi connectivity index (χ1v) is 6.16. The molecule has 0 saturated carbocycles. The Morgan fingerprint density at radius 3 is 2.37 bits per heavy atom. The molecule has 0 bridgehead atoms. The molecule has 3 aromatic rings. The lowest BCUT2D eigenvalue weighted by Crippen LogP contribution is -2.07. The Labute approximate surface area is 111 Å². The molecule has 0 radical (unpaired) electrons. The lowest BCUT2D eigenvalue weighted by molar-refractivity contribution is 1.13. The van der Waals surface area contributed by atoms with Gasteiger partial charge >= 0.3 is 0 Å². The van der Waals surface area contributed by atoms with Crippen LogP contribution in [0.3, 0.4) is 0 Å².